The van der Waals surface area contributed by atoms with Crippen LogP contribution in [0.25, 0.3) is 11.1 Å². The van der Waals surface area contributed by atoms with Crippen molar-refractivity contribution in [1.29, 1.82) is 0 Å². The molecule has 0 aliphatic carbocycles. The second-order valence-electron chi connectivity index (χ2n) is 9.08. The maximum atomic E-state index is 6.48. The molecule has 4 rings (SSSR count). The van der Waals surface area contributed by atoms with Gasteiger partial charge < -0.3 is 18.9 Å². The Morgan fingerprint density at radius 2 is 1.64 bits per heavy atom. The summed E-state index contributed by atoms with van der Waals surface area (Å²) in [5, 5.41) is 0. The van der Waals surface area contributed by atoms with E-state index in [9.17, 15) is 0 Å². The Morgan fingerprint density at radius 3 is 2.36 bits per heavy atom. The van der Waals surface area contributed by atoms with Crippen LogP contribution in [0.2, 0.25) is 0 Å². The molecule has 0 atom stereocenters. The number of rotatable bonds is 7. The van der Waals surface area contributed by atoms with Crippen LogP contribution in [-0.2, 0) is 6.42 Å². The largest absolute Gasteiger partial charge is 0.496 e. The van der Waals surface area contributed by atoms with E-state index in [1.165, 1.54) is 5.56 Å². The van der Waals surface area contributed by atoms with E-state index in [1.807, 2.05) is 38.1 Å². The minimum Gasteiger partial charge on any atom is -0.496 e. The molecular formula is C28H32O4S. The zero-order valence-corrected chi connectivity index (χ0v) is 21.0. The minimum absolute atomic E-state index is 0.0726. The summed E-state index contributed by atoms with van der Waals surface area (Å²) >= 11 is 1.64. The summed E-state index contributed by atoms with van der Waals surface area (Å²) in [6, 6.07) is 18.5. The van der Waals surface area contributed by atoms with Gasteiger partial charge in [0.25, 0.3) is 0 Å². The van der Waals surface area contributed by atoms with Crippen molar-refractivity contribution in [2.45, 2.75) is 62.0 Å². The Balaban J connectivity index is 1.77. The first kappa shape index (κ1) is 23.4. The van der Waals surface area contributed by atoms with Crippen LogP contribution in [0.5, 0.6) is 23.0 Å². The maximum Gasteiger partial charge on any atom is 0.137 e. The van der Waals surface area contributed by atoms with Gasteiger partial charge in [-0.25, -0.2) is 0 Å². The summed E-state index contributed by atoms with van der Waals surface area (Å²) in [7, 11) is 3.40. The molecule has 1 aliphatic rings. The first-order chi connectivity index (χ1) is 15.8. The van der Waals surface area contributed by atoms with Gasteiger partial charge >= 0.3 is 0 Å². The van der Waals surface area contributed by atoms with Crippen LogP contribution >= 0.6 is 11.8 Å². The van der Waals surface area contributed by atoms with Gasteiger partial charge in [-0.3, -0.25) is 0 Å². The summed E-state index contributed by atoms with van der Waals surface area (Å²) in [5.74, 6) is 3.35. The SMILES string of the molecule is COc1cccc(OC(C)C)c1Sc1cccc(-c2c(OC)ccc3c2OC(C)(C)CC3)c1. The minimum atomic E-state index is -0.207. The molecule has 0 saturated heterocycles. The van der Waals surface area contributed by atoms with Gasteiger partial charge in [-0.05, 0) is 82.0 Å². The van der Waals surface area contributed by atoms with Crippen LogP contribution in [0.15, 0.2) is 64.4 Å². The van der Waals surface area contributed by atoms with Crippen LogP contribution < -0.4 is 18.9 Å². The average molecular weight is 465 g/mol. The molecule has 4 nitrogen and oxygen atoms in total. The number of methoxy groups -OCH3 is 2. The van der Waals surface area contributed by atoms with Gasteiger partial charge in [-0.15, -0.1) is 0 Å². The Kier molecular flexibility index (Phi) is 6.80. The summed E-state index contributed by atoms with van der Waals surface area (Å²) in [6.07, 6.45) is 2.06. The van der Waals surface area contributed by atoms with E-state index < -0.39 is 0 Å². The molecule has 0 radical (unpaired) electrons. The molecule has 0 saturated carbocycles. The number of aryl methyl sites for hydroxylation is 1. The summed E-state index contributed by atoms with van der Waals surface area (Å²) in [4.78, 5) is 2.05. The molecule has 0 fully saturated rings. The Bertz CT molecular complexity index is 1140. The molecule has 5 heteroatoms. The molecule has 3 aromatic rings. The number of benzene rings is 3. The van der Waals surface area contributed by atoms with Crippen LogP contribution in [0.4, 0.5) is 0 Å². The fourth-order valence-electron chi connectivity index (χ4n) is 4.06. The molecule has 0 N–H and O–H groups in total. The lowest BCUT2D eigenvalue weighted by atomic mass is 9.90. The highest BCUT2D eigenvalue weighted by Crippen LogP contribution is 2.48. The Hall–Kier alpha value is -2.79. The molecule has 3 aromatic carbocycles. The average Bonchev–Trinajstić information content (AvgIpc) is 2.78. The van der Waals surface area contributed by atoms with Gasteiger partial charge in [0.15, 0.2) is 0 Å². The van der Waals surface area contributed by atoms with E-state index >= 15 is 0 Å². The van der Waals surface area contributed by atoms with Crippen LogP contribution in [-0.4, -0.2) is 25.9 Å². The van der Waals surface area contributed by atoms with Crippen molar-refractivity contribution >= 4 is 11.8 Å². The fourth-order valence-corrected chi connectivity index (χ4v) is 5.10. The fraction of sp³-hybridized carbons (Fsp3) is 0.357. The summed E-state index contributed by atoms with van der Waals surface area (Å²) in [5.41, 5.74) is 3.08. The second-order valence-corrected chi connectivity index (χ2v) is 10.2. The van der Waals surface area contributed by atoms with E-state index in [1.54, 1.807) is 26.0 Å². The van der Waals surface area contributed by atoms with E-state index in [-0.39, 0.29) is 11.7 Å². The highest BCUT2D eigenvalue weighted by molar-refractivity contribution is 7.99. The van der Waals surface area contributed by atoms with Crippen molar-refractivity contribution in [2.75, 3.05) is 14.2 Å². The Morgan fingerprint density at radius 1 is 0.909 bits per heavy atom. The van der Waals surface area contributed by atoms with Crippen LogP contribution in [0.3, 0.4) is 0 Å². The quantitative estimate of drug-likeness (QED) is 0.364. The lowest BCUT2D eigenvalue weighted by Crippen LogP contribution is -2.32. The molecule has 0 aromatic heterocycles. The van der Waals surface area contributed by atoms with Crippen molar-refractivity contribution in [1.82, 2.24) is 0 Å². The van der Waals surface area contributed by atoms with Gasteiger partial charge in [0.1, 0.15) is 28.6 Å². The third-order valence-electron chi connectivity index (χ3n) is 5.66. The van der Waals surface area contributed by atoms with E-state index in [2.05, 4.69) is 44.2 Å². The summed E-state index contributed by atoms with van der Waals surface area (Å²) in [6.45, 7) is 8.34. The molecular weight excluding hydrogens is 432 g/mol. The molecule has 0 unspecified atom stereocenters. The maximum absolute atomic E-state index is 6.48. The molecule has 0 bridgehead atoms. The normalized spacial score (nSPS) is 14.4. The lowest BCUT2D eigenvalue weighted by Gasteiger charge is -2.34. The smallest absolute Gasteiger partial charge is 0.137 e. The molecule has 1 aliphatic heterocycles. The predicted octanol–water partition coefficient (Wildman–Crippen LogP) is 7.41. The van der Waals surface area contributed by atoms with Crippen LogP contribution in [0.1, 0.15) is 39.7 Å². The van der Waals surface area contributed by atoms with Gasteiger partial charge in [0, 0.05) is 4.90 Å². The van der Waals surface area contributed by atoms with Gasteiger partial charge in [-0.2, -0.15) is 0 Å². The third-order valence-corrected chi connectivity index (χ3v) is 6.76. The van der Waals surface area contributed by atoms with Gasteiger partial charge in [0.05, 0.1) is 30.8 Å². The Labute approximate surface area is 201 Å². The standard InChI is InChI=1S/C28H32O4S/c1-18(2)31-24-12-8-11-23(30-6)27(24)33-21-10-7-9-20(17-21)25-22(29-5)14-13-19-15-16-28(3,4)32-26(19)25/h7-14,17-18H,15-16H2,1-6H3. The highest BCUT2D eigenvalue weighted by atomic mass is 32.2. The van der Waals surface area contributed by atoms with Crippen LogP contribution in [0, 0.1) is 0 Å². The molecule has 0 amide bonds. The molecule has 174 valence electrons. The first-order valence-corrected chi connectivity index (χ1v) is 12.1. The number of hydrogen-bond donors (Lipinski definition) is 0. The number of hydrogen-bond acceptors (Lipinski definition) is 5. The van der Waals surface area contributed by atoms with E-state index in [4.69, 9.17) is 18.9 Å². The van der Waals surface area contributed by atoms with Crippen molar-refractivity contribution in [2.24, 2.45) is 0 Å². The third kappa shape index (κ3) is 5.09. The van der Waals surface area contributed by atoms with Crippen molar-refractivity contribution in [3.8, 4) is 34.1 Å². The zero-order valence-electron chi connectivity index (χ0n) is 20.2. The number of fused-ring (bicyclic) bond motifs is 1. The highest BCUT2D eigenvalue weighted by Gasteiger charge is 2.30. The van der Waals surface area contributed by atoms with Gasteiger partial charge in [0.2, 0.25) is 0 Å². The van der Waals surface area contributed by atoms with Gasteiger partial charge in [-0.1, -0.05) is 36.0 Å². The van der Waals surface area contributed by atoms with E-state index in [0.717, 1.165) is 56.8 Å². The van der Waals surface area contributed by atoms with Crippen molar-refractivity contribution < 1.29 is 18.9 Å². The molecule has 1 heterocycles. The van der Waals surface area contributed by atoms with Crippen molar-refractivity contribution in [3.63, 3.8) is 0 Å². The topological polar surface area (TPSA) is 36.9 Å². The number of ether oxygens (including phenoxy) is 4. The summed E-state index contributed by atoms with van der Waals surface area (Å²) < 4.78 is 24.0. The monoisotopic (exact) mass is 464 g/mol. The van der Waals surface area contributed by atoms with Crippen molar-refractivity contribution in [3.05, 3.63) is 60.2 Å². The first-order valence-electron chi connectivity index (χ1n) is 11.3. The van der Waals surface area contributed by atoms with E-state index in [0.29, 0.717) is 0 Å². The second kappa shape index (κ2) is 9.60. The predicted molar refractivity (Wildman–Crippen MR) is 134 cm³/mol. The lowest BCUT2D eigenvalue weighted by molar-refractivity contribution is 0.0852. The molecule has 0 spiro atoms. The zero-order chi connectivity index (χ0) is 23.6. The molecule has 33 heavy (non-hydrogen) atoms.